The highest BCUT2D eigenvalue weighted by molar-refractivity contribution is 7.99. The Balaban J connectivity index is 1.68. The number of amides is 1. The zero-order valence-corrected chi connectivity index (χ0v) is 15.4. The van der Waals surface area contributed by atoms with Crippen LogP contribution in [0.15, 0.2) is 47.4 Å². The van der Waals surface area contributed by atoms with Crippen LogP contribution >= 0.6 is 11.8 Å². The smallest absolute Gasteiger partial charge is 0.339 e. The Kier molecular flexibility index (Phi) is 5.42. The number of anilines is 1. The molecule has 1 aliphatic rings. The zero-order chi connectivity index (χ0) is 18.7. The first kappa shape index (κ1) is 18.2. The second kappa shape index (κ2) is 7.74. The van der Waals surface area contributed by atoms with Gasteiger partial charge in [-0.05, 0) is 48.6 Å². The van der Waals surface area contributed by atoms with Crippen LogP contribution in [0.25, 0.3) is 0 Å². The van der Waals surface area contributed by atoms with Gasteiger partial charge < -0.3 is 10.1 Å². The molecule has 0 unspecified atom stereocenters. The minimum Gasteiger partial charge on any atom is -0.454 e. The van der Waals surface area contributed by atoms with E-state index >= 15 is 0 Å². The van der Waals surface area contributed by atoms with Crippen molar-refractivity contribution < 1.29 is 19.1 Å². The van der Waals surface area contributed by atoms with Crippen LogP contribution in [0.1, 0.15) is 46.0 Å². The second-order valence-electron chi connectivity index (χ2n) is 5.94. The molecule has 0 saturated heterocycles. The molecule has 0 aromatic heterocycles. The van der Waals surface area contributed by atoms with E-state index in [1.807, 2.05) is 19.1 Å². The van der Waals surface area contributed by atoms with E-state index in [0.717, 1.165) is 21.9 Å². The van der Waals surface area contributed by atoms with Crippen LogP contribution in [0.3, 0.4) is 0 Å². The molecule has 1 atom stereocenters. The molecule has 5 nitrogen and oxygen atoms in total. The van der Waals surface area contributed by atoms with E-state index in [4.69, 9.17) is 4.74 Å². The molecule has 3 rings (SSSR count). The van der Waals surface area contributed by atoms with Crippen LogP contribution in [-0.4, -0.2) is 30.0 Å². The molecular weight excluding hydrogens is 350 g/mol. The highest BCUT2D eigenvalue weighted by Gasteiger charge is 2.27. The topological polar surface area (TPSA) is 72.5 Å². The van der Waals surface area contributed by atoms with Crippen molar-refractivity contribution in [3.8, 4) is 0 Å². The monoisotopic (exact) mass is 369 g/mol. The third kappa shape index (κ3) is 3.65. The van der Waals surface area contributed by atoms with E-state index in [0.29, 0.717) is 11.1 Å². The van der Waals surface area contributed by atoms with E-state index in [1.165, 1.54) is 0 Å². The number of hydrogen-bond donors (Lipinski definition) is 1. The molecule has 2 aromatic carbocycles. The van der Waals surface area contributed by atoms with Gasteiger partial charge in [0, 0.05) is 16.1 Å². The largest absolute Gasteiger partial charge is 0.454 e. The van der Waals surface area contributed by atoms with Crippen LogP contribution in [0.5, 0.6) is 0 Å². The summed E-state index contributed by atoms with van der Waals surface area (Å²) in [6, 6.07) is 12.2. The number of fused-ring (bicyclic) bond motifs is 1. The van der Waals surface area contributed by atoms with Crippen LogP contribution in [-0.2, 0) is 9.53 Å². The number of carbonyl (C=O) groups excluding carboxylic acids is 3. The van der Waals surface area contributed by atoms with Gasteiger partial charge in [-0.25, -0.2) is 4.79 Å². The van der Waals surface area contributed by atoms with Crippen molar-refractivity contribution in [3.63, 3.8) is 0 Å². The Labute approximate surface area is 156 Å². The fraction of sp³-hybridized carbons (Fsp3) is 0.250. The van der Waals surface area contributed by atoms with Gasteiger partial charge in [0.15, 0.2) is 12.4 Å². The van der Waals surface area contributed by atoms with Gasteiger partial charge in [0.25, 0.3) is 0 Å². The molecule has 0 fully saturated rings. The van der Waals surface area contributed by atoms with Crippen molar-refractivity contribution in [2.24, 2.45) is 0 Å². The summed E-state index contributed by atoms with van der Waals surface area (Å²) in [6.45, 7) is 3.46. The van der Waals surface area contributed by atoms with Crippen LogP contribution in [0.4, 0.5) is 5.69 Å². The molecule has 0 radical (unpaired) electrons. The first-order chi connectivity index (χ1) is 12.5. The lowest BCUT2D eigenvalue weighted by Gasteiger charge is -2.09. The fourth-order valence-electron chi connectivity index (χ4n) is 2.80. The van der Waals surface area contributed by atoms with E-state index in [2.05, 4.69) is 5.32 Å². The molecule has 1 aliphatic heterocycles. The number of hydrogen-bond acceptors (Lipinski definition) is 5. The number of Topliss-reactive ketones (excluding diaryl/α,β-unsaturated/α-hetero) is 1. The van der Waals surface area contributed by atoms with Gasteiger partial charge in [0.05, 0.1) is 11.5 Å². The van der Waals surface area contributed by atoms with Gasteiger partial charge >= 0.3 is 5.97 Å². The van der Waals surface area contributed by atoms with Crippen molar-refractivity contribution in [3.05, 3.63) is 59.2 Å². The SMILES string of the molecule is CCSc1ccccc1C(=O)OCC(=O)c1ccc2c(c1)[C@H](C)C(=O)N2. The third-order valence-corrected chi connectivity index (χ3v) is 5.19. The molecule has 0 bridgehead atoms. The molecule has 0 saturated carbocycles. The summed E-state index contributed by atoms with van der Waals surface area (Å²) in [6.07, 6.45) is 0. The van der Waals surface area contributed by atoms with Crippen LogP contribution < -0.4 is 5.32 Å². The molecule has 6 heteroatoms. The minimum absolute atomic E-state index is 0.0824. The maximum Gasteiger partial charge on any atom is 0.339 e. The number of ketones is 1. The van der Waals surface area contributed by atoms with Gasteiger partial charge in [-0.3, -0.25) is 9.59 Å². The standard InChI is InChI=1S/C20H19NO4S/c1-3-26-18-7-5-4-6-14(18)20(24)25-11-17(22)13-8-9-16-15(10-13)12(2)19(23)21-16/h4-10,12H,3,11H2,1-2H3,(H,21,23)/t12-/m0/s1. The van der Waals surface area contributed by atoms with Gasteiger partial charge in [0.1, 0.15) is 0 Å². The van der Waals surface area contributed by atoms with Crippen molar-refractivity contribution in [2.45, 2.75) is 24.7 Å². The average molecular weight is 369 g/mol. The summed E-state index contributed by atoms with van der Waals surface area (Å²) in [7, 11) is 0. The van der Waals surface area contributed by atoms with E-state index in [-0.39, 0.29) is 24.2 Å². The summed E-state index contributed by atoms with van der Waals surface area (Å²) in [5.41, 5.74) is 2.40. The number of nitrogens with one attached hydrogen (secondary N) is 1. The maximum absolute atomic E-state index is 12.4. The number of ether oxygens (including phenoxy) is 1. The summed E-state index contributed by atoms with van der Waals surface area (Å²) in [4.78, 5) is 37.2. The van der Waals surface area contributed by atoms with E-state index in [1.54, 1.807) is 49.0 Å². The molecule has 134 valence electrons. The minimum atomic E-state index is -0.513. The van der Waals surface area contributed by atoms with Crippen molar-refractivity contribution in [2.75, 3.05) is 17.7 Å². The molecule has 0 spiro atoms. The molecule has 2 aromatic rings. The first-order valence-corrected chi connectivity index (χ1v) is 9.36. The van der Waals surface area contributed by atoms with Crippen molar-refractivity contribution in [1.82, 2.24) is 0 Å². The molecule has 1 amide bonds. The quantitative estimate of drug-likeness (QED) is 0.475. The zero-order valence-electron chi connectivity index (χ0n) is 14.6. The van der Waals surface area contributed by atoms with E-state index < -0.39 is 5.97 Å². The number of thioether (sulfide) groups is 1. The molecule has 1 heterocycles. The van der Waals surface area contributed by atoms with E-state index in [9.17, 15) is 14.4 Å². The van der Waals surface area contributed by atoms with Crippen molar-refractivity contribution >= 4 is 35.1 Å². The number of carbonyl (C=O) groups is 3. The van der Waals surface area contributed by atoms with Gasteiger partial charge in [-0.1, -0.05) is 19.1 Å². The predicted molar refractivity (Wildman–Crippen MR) is 101 cm³/mol. The molecule has 26 heavy (non-hydrogen) atoms. The lowest BCUT2D eigenvalue weighted by atomic mass is 9.99. The number of rotatable bonds is 6. The fourth-order valence-corrected chi connectivity index (χ4v) is 3.59. The Hall–Kier alpha value is -2.60. The third-order valence-electron chi connectivity index (χ3n) is 4.23. The summed E-state index contributed by atoms with van der Waals surface area (Å²) < 4.78 is 5.21. The normalized spacial score (nSPS) is 15.3. The Morgan fingerprint density at radius 1 is 1.19 bits per heavy atom. The first-order valence-electron chi connectivity index (χ1n) is 8.38. The average Bonchev–Trinajstić information content (AvgIpc) is 2.94. The Morgan fingerprint density at radius 3 is 2.73 bits per heavy atom. The predicted octanol–water partition coefficient (Wildman–Crippen LogP) is 3.89. The molecule has 0 aliphatic carbocycles. The maximum atomic E-state index is 12.4. The highest BCUT2D eigenvalue weighted by atomic mass is 32.2. The summed E-state index contributed by atoms with van der Waals surface area (Å²) >= 11 is 1.55. The number of esters is 1. The van der Waals surface area contributed by atoms with Crippen LogP contribution in [0.2, 0.25) is 0 Å². The van der Waals surface area contributed by atoms with Crippen LogP contribution in [0, 0.1) is 0 Å². The number of benzene rings is 2. The summed E-state index contributed by atoms with van der Waals surface area (Å²) in [5.74, 6) is -0.350. The van der Waals surface area contributed by atoms with Gasteiger partial charge in [-0.2, -0.15) is 0 Å². The van der Waals surface area contributed by atoms with Gasteiger partial charge in [-0.15, -0.1) is 11.8 Å². The second-order valence-corrected chi connectivity index (χ2v) is 7.25. The Bertz CT molecular complexity index is 878. The lowest BCUT2D eigenvalue weighted by Crippen LogP contribution is -2.15. The Morgan fingerprint density at radius 2 is 1.96 bits per heavy atom. The van der Waals surface area contributed by atoms with Crippen molar-refractivity contribution in [1.29, 1.82) is 0 Å². The molecule has 1 N–H and O–H groups in total. The summed E-state index contributed by atoms with van der Waals surface area (Å²) in [5, 5.41) is 2.77. The van der Waals surface area contributed by atoms with Gasteiger partial charge in [0.2, 0.25) is 5.91 Å². The molecular formula is C20H19NO4S. The highest BCUT2D eigenvalue weighted by Crippen LogP contribution is 2.32. The lowest BCUT2D eigenvalue weighted by molar-refractivity contribution is -0.116.